The predicted molar refractivity (Wildman–Crippen MR) is 69.0 cm³/mol. The van der Waals surface area contributed by atoms with E-state index in [4.69, 9.17) is 0 Å². The standard InChI is InChI=1S/C13H25N3O/c1-2-12-5-3-8-16(12)11-13(17)15-9-4-6-14-7-10-15/h12,14H,2-11H2,1H3. The molecule has 98 valence electrons. The van der Waals surface area contributed by atoms with Crippen molar-refractivity contribution in [3.8, 4) is 0 Å². The molecule has 2 fully saturated rings. The molecule has 0 saturated carbocycles. The Bertz CT molecular complexity index is 249. The highest BCUT2D eigenvalue weighted by Crippen LogP contribution is 2.19. The SMILES string of the molecule is CCC1CCCN1CC(=O)N1CCCNCC1. The molecule has 2 aliphatic rings. The molecule has 0 aromatic rings. The third kappa shape index (κ3) is 3.42. The lowest BCUT2D eigenvalue weighted by atomic mass is 10.2. The van der Waals surface area contributed by atoms with Crippen molar-refractivity contribution in [3.63, 3.8) is 0 Å². The van der Waals surface area contributed by atoms with Crippen LogP contribution < -0.4 is 5.32 Å². The Morgan fingerprint density at radius 3 is 2.94 bits per heavy atom. The molecule has 1 amide bonds. The molecule has 4 nitrogen and oxygen atoms in total. The predicted octanol–water partition coefficient (Wildman–Crippen LogP) is 0.683. The van der Waals surface area contributed by atoms with Crippen LogP contribution in [0.2, 0.25) is 0 Å². The number of nitrogens with one attached hydrogen (secondary N) is 1. The Hall–Kier alpha value is -0.610. The Labute approximate surface area is 104 Å². The van der Waals surface area contributed by atoms with Crippen LogP contribution in [0.5, 0.6) is 0 Å². The van der Waals surface area contributed by atoms with E-state index >= 15 is 0 Å². The molecule has 4 heteroatoms. The molecular formula is C13H25N3O. The van der Waals surface area contributed by atoms with Crippen LogP contribution in [0.25, 0.3) is 0 Å². The minimum Gasteiger partial charge on any atom is -0.340 e. The molecule has 0 aromatic heterocycles. The Kier molecular flexibility index (Phi) is 4.80. The van der Waals surface area contributed by atoms with E-state index in [0.717, 1.165) is 39.1 Å². The number of amides is 1. The third-order valence-electron chi connectivity index (χ3n) is 4.00. The molecule has 2 heterocycles. The van der Waals surface area contributed by atoms with Gasteiger partial charge in [-0.1, -0.05) is 6.92 Å². The van der Waals surface area contributed by atoms with Gasteiger partial charge in [0.15, 0.2) is 0 Å². The number of carbonyl (C=O) groups excluding carboxylic acids is 1. The molecule has 0 aliphatic carbocycles. The van der Waals surface area contributed by atoms with Crippen LogP contribution in [0.1, 0.15) is 32.6 Å². The second kappa shape index (κ2) is 6.36. The van der Waals surface area contributed by atoms with E-state index < -0.39 is 0 Å². The van der Waals surface area contributed by atoms with Crippen molar-refractivity contribution >= 4 is 5.91 Å². The van der Waals surface area contributed by atoms with Crippen LogP contribution in [0.3, 0.4) is 0 Å². The van der Waals surface area contributed by atoms with Gasteiger partial charge in [0.05, 0.1) is 6.54 Å². The first-order valence-electron chi connectivity index (χ1n) is 7.04. The first kappa shape index (κ1) is 12.8. The van der Waals surface area contributed by atoms with Crippen LogP contribution in [-0.2, 0) is 4.79 Å². The van der Waals surface area contributed by atoms with Gasteiger partial charge in [-0.25, -0.2) is 0 Å². The highest BCUT2D eigenvalue weighted by atomic mass is 16.2. The van der Waals surface area contributed by atoms with E-state index in [1.807, 2.05) is 4.90 Å². The first-order valence-corrected chi connectivity index (χ1v) is 7.04. The van der Waals surface area contributed by atoms with Crippen LogP contribution in [-0.4, -0.2) is 61.0 Å². The van der Waals surface area contributed by atoms with Gasteiger partial charge in [-0.3, -0.25) is 9.69 Å². The highest BCUT2D eigenvalue weighted by Gasteiger charge is 2.26. The van der Waals surface area contributed by atoms with Crippen LogP contribution >= 0.6 is 0 Å². The maximum absolute atomic E-state index is 12.2. The maximum atomic E-state index is 12.2. The Morgan fingerprint density at radius 1 is 1.24 bits per heavy atom. The van der Waals surface area contributed by atoms with Gasteiger partial charge >= 0.3 is 0 Å². The average Bonchev–Trinajstić information content (AvgIpc) is 2.62. The number of hydrogen-bond acceptors (Lipinski definition) is 3. The fourth-order valence-electron chi connectivity index (χ4n) is 2.93. The monoisotopic (exact) mass is 239 g/mol. The average molecular weight is 239 g/mol. The van der Waals surface area contributed by atoms with Gasteiger partial charge in [-0.05, 0) is 38.8 Å². The molecule has 1 atom stereocenters. The second-order valence-corrected chi connectivity index (χ2v) is 5.16. The smallest absolute Gasteiger partial charge is 0.236 e. The van der Waals surface area contributed by atoms with E-state index in [1.54, 1.807) is 0 Å². The lowest BCUT2D eigenvalue weighted by Gasteiger charge is -2.27. The fraction of sp³-hybridized carbons (Fsp3) is 0.923. The Morgan fingerprint density at radius 2 is 2.12 bits per heavy atom. The van der Waals surface area contributed by atoms with Gasteiger partial charge in [-0.15, -0.1) is 0 Å². The summed E-state index contributed by atoms with van der Waals surface area (Å²) in [5, 5.41) is 3.34. The maximum Gasteiger partial charge on any atom is 0.236 e. The molecule has 2 aliphatic heterocycles. The van der Waals surface area contributed by atoms with Gasteiger partial charge in [0.2, 0.25) is 5.91 Å². The molecule has 0 bridgehead atoms. The van der Waals surface area contributed by atoms with Crippen molar-refractivity contribution in [2.75, 3.05) is 39.3 Å². The van der Waals surface area contributed by atoms with Crippen molar-refractivity contribution in [3.05, 3.63) is 0 Å². The van der Waals surface area contributed by atoms with Crippen molar-refractivity contribution in [2.24, 2.45) is 0 Å². The molecule has 0 aromatic carbocycles. The zero-order chi connectivity index (χ0) is 12.1. The quantitative estimate of drug-likeness (QED) is 0.787. The zero-order valence-corrected chi connectivity index (χ0v) is 11.0. The lowest BCUT2D eigenvalue weighted by Crippen LogP contribution is -2.43. The van der Waals surface area contributed by atoms with Gasteiger partial charge < -0.3 is 10.2 Å². The number of likely N-dealkylation sites (tertiary alicyclic amines) is 1. The van der Waals surface area contributed by atoms with Crippen LogP contribution in [0, 0.1) is 0 Å². The van der Waals surface area contributed by atoms with E-state index in [0.29, 0.717) is 18.5 Å². The largest absolute Gasteiger partial charge is 0.340 e. The second-order valence-electron chi connectivity index (χ2n) is 5.16. The number of hydrogen-bond donors (Lipinski definition) is 1. The third-order valence-corrected chi connectivity index (χ3v) is 4.00. The van der Waals surface area contributed by atoms with Gasteiger partial charge in [0, 0.05) is 25.7 Å². The lowest BCUT2D eigenvalue weighted by molar-refractivity contribution is -0.132. The van der Waals surface area contributed by atoms with Crippen molar-refractivity contribution in [2.45, 2.75) is 38.6 Å². The summed E-state index contributed by atoms with van der Waals surface area (Å²) in [6.45, 7) is 7.77. The van der Waals surface area contributed by atoms with Crippen molar-refractivity contribution < 1.29 is 4.79 Å². The Balaban J connectivity index is 1.82. The molecular weight excluding hydrogens is 214 g/mol. The zero-order valence-electron chi connectivity index (χ0n) is 11.0. The minimum absolute atomic E-state index is 0.328. The number of nitrogens with zero attached hydrogens (tertiary/aromatic N) is 2. The molecule has 1 unspecified atom stereocenters. The molecule has 0 spiro atoms. The van der Waals surface area contributed by atoms with E-state index in [2.05, 4.69) is 17.1 Å². The number of carbonyl (C=O) groups is 1. The van der Waals surface area contributed by atoms with Crippen LogP contribution in [0.15, 0.2) is 0 Å². The van der Waals surface area contributed by atoms with Gasteiger partial charge in [0.25, 0.3) is 0 Å². The van der Waals surface area contributed by atoms with E-state index in [-0.39, 0.29) is 0 Å². The minimum atomic E-state index is 0.328. The topological polar surface area (TPSA) is 35.6 Å². The number of rotatable bonds is 3. The summed E-state index contributed by atoms with van der Waals surface area (Å²) in [4.78, 5) is 16.6. The summed E-state index contributed by atoms with van der Waals surface area (Å²) in [5.41, 5.74) is 0. The summed E-state index contributed by atoms with van der Waals surface area (Å²) in [5.74, 6) is 0.328. The van der Waals surface area contributed by atoms with Crippen molar-refractivity contribution in [1.29, 1.82) is 0 Å². The summed E-state index contributed by atoms with van der Waals surface area (Å²) < 4.78 is 0. The fourth-order valence-corrected chi connectivity index (χ4v) is 2.93. The summed E-state index contributed by atoms with van der Waals surface area (Å²) in [7, 11) is 0. The molecule has 2 saturated heterocycles. The normalized spacial score (nSPS) is 27.1. The van der Waals surface area contributed by atoms with Gasteiger partial charge in [-0.2, -0.15) is 0 Å². The molecule has 17 heavy (non-hydrogen) atoms. The highest BCUT2D eigenvalue weighted by molar-refractivity contribution is 5.78. The summed E-state index contributed by atoms with van der Waals surface area (Å²) in [6.07, 6.45) is 4.79. The van der Waals surface area contributed by atoms with Crippen molar-refractivity contribution in [1.82, 2.24) is 15.1 Å². The van der Waals surface area contributed by atoms with E-state index in [9.17, 15) is 4.79 Å². The van der Waals surface area contributed by atoms with Crippen LogP contribution in [0.4, 0.5) is 0 Å². The summed E-state index contributed by atoms with van der Waals surface area (Å²) >= 11 is 0. The first-order chi connectivity index (χ1) is 8.31. The molecule has 2 rings (SSSR count). The summed E-state index contributed by atoms with van der Waals surface area (Å²) in [6, 6.07) is 0.643. The molecule has 1 N–H and O–H groups in total. The van der Waals surface area contributed by atoms with Gasteiger partial charge in [0.1, 0.15) is 0 Å². The molecule has 0 radical (unpaired) electrons. The van der Waals surface area contributed by atoms with E-state index in [1.165, 1.54) is 19.3 Å².